The lowest BCUT2D eigenvalue weighted by molar-refractivity contribution is 0.0763. The van der Waals surface area contributed by atoms with Crippen molar-refractivity contribution in [2.45, 2.75) is 57.5 Å². The van der Waals surface area contributed by atoms with Gasteiger partial charge in [-0.1, -0.05) is 33.1 Å². The lowest BCUT2D eigenvalue weighted by atomic mass is 9.79. The third-order valence-electron chi connectivity index (χ3n) is 4.33. The van der Waals surface area contributed by atoms with Crippen LogP contribution in [0.25, 0.3) is 0 Å². The summed E-state index contributed by atoms with van der Waals surface area (Å²) < 4.78 is 0. The van der Waals surface area contributed by atoms with E-state index in [1.54, 1.807) is 0 Å². The van der Waals surface area contributed by atoms with E-state index in [2.05, 4.69) is 38.3 Å². The van der Waals surface area contributed by atoms with Gasteiger partial charge in [0.1, 0.15) is 0 Å². The van der Waals surface area contributed by atoms with Crippen LogP contribution < -0.4 is 11.3 Å². The standard InChI is InChI=1S/C12H27N3/c1-5-10(2)11(14-13)12(15(3)4)8-6-7-9-12/h10-11,14H,5-9,13H2,1-4H3. The van der Waals surface area contributed by atoms with Crippen LogP contribution in [0.3, 0.4) is 0 Å². The summed E-state index contributed by atoms with van der Waals surface area (Å²) in [5.41, 5.74) is 3.36. The average Bonchev–Trinajstić information content (AvgIpc) is 2.69. The van der Waals surface area contributed by atoms with Gasteiger partial charge in [-0.15, -0.1) is 0 Å². The normalized spacial score (nSPS) is 24.4. The zero-order chi connectivity index (χ0) is 11.5. The molecule has 1 fully saturated rings. The quantitative estimate of drug-likeness (QED) is 0.540. The number of nitrogens with two attached hydrogens (primary N) is 1. The molecule has 0 aromatic carbocycles. The number of nitrogens with zero attached hydrogens (tertiary/aromatic N) is 1. The number of hydrazine groups is 1. The lowest BCUT2D eigenvalue weighted by Gasteiger charge is -2.45. The van der Waals surface area contributed by atoms with Gasteiger partial charge in [0.15, 0.2) is 0 Å². The molecule has 3 nitrogen and oxygen atoms in total. The molecule has 2 unspecified atom stereocenters. The van der Waals surface area contributed by atoms with Gasteiger partial charge >= 0.3 is 0 Å². The summed E-state index contributed by atoms with van der Waals surface area (Å²) in [6.07, 6.45) is 6.42. The van der Waals surface area contributed by atoms with Crippen molar-refractivity contribution in [3.8, 4) is 0 Å². The molecule has 3 heteroatoms. The van der Waals surface area contributed by atoms with E-state index in [0.717, 1.165) is 0 Å². The van der Waals surface area contributed by atoms with Gasteiger partial charge < -0.3 is 4.90 Å². The van der Waals surface area contributed by atoms with Crippen molar-refractivity contribution in [1.82, 2.24) is 10.3 Å². The monoisotopic (exact) mass is 213 g/mol. The van der Waals surface area contributed by atoms with Gasteiger partial charge in [-0.25, -0.2) is 0 Å². The first-order chi connectivity index (χ1) is 7.08. The van der Waals surface area contributed by atoms with Crippen LogP contribution in [0.2, 0.25) is 0 Å². The molecule has 90 valence electrons. The summed E-state index contributed by atoms with van der Waals surface area (Å²) in [5, 5.41) is 0. The second-order valence-corrected chi connectivity index (χ2v) is 5.23. The molecule has 0 aromatic heterocycles. The third-order valence-corrected chi connectivity index (χ3v) is 4.33. The molecule has 1 aliphatic rings. The summed E-state index contributed by atoms with van der Waals surface area (Å²) in [6, 6.07) is 0.417. The first kappa shape index (κ1) is 12.9. The molecule has 0 bridgehead atoms. The fourth-order valence-electron chi connectivity index (χ4n) is 3.11. The topological polar surface area (TPSA) is 41.3 Å². The maximum atomic E-state index is 5.78. The molecule has 0 radical (unpaired) electrons. The van der Waals surface area contributed by atoms with Crippen molar-refractivity contribution in [2.75, 3.05) is 14.1 Å². The molecule has 3 N–H and O–H groups in total. The Morgan fingerprint density at radius 1 is 1.33 bits per heavy atom. The minimum atomic E-state index is 0.282. The molecule has 1 aliphatic carbocycles. The number of hydrogen-bond acceptors (Lipinski definition) is 3. The number of nitrogens with one attached hydrogen (secondary N) is 1. The molecule has 2 atom stereocenters. The second-order valence-electron chi connectivity index (χ2n) is 5.23. The van der Waals surface area contributed by atoms with Crippen LogP contribution >= 0.6 is 0 Å². The van der Waals surface area contributed by atoms with E-state index in [9.17, 15) is 0 Å². The van der Waals surface area contributed by atoms with Crippen molar-refractivity contribution in [3.63, 3.8) is 0 Å². The Morgan fingerprint density at radius 2 is 1.87 bits per heavy atom. The number of hydrogen-bond donors (Lipinski definition) is 2. The number of rotatable bonds is 5. The van der Waals surface area contributed by atoms with Crippen LogP contribution in [0.1, 0.15) is 46.0 Å². The molecular formula is C12H27N3. The Bertz CT molecular complexity index is 185. The molecule has 0 aliphatic heterocycles. The van der Waals surface area contributed by atoms with E-state index < -0.39 is 0 Å². The van der Waals surface area contributed by atoms with Crippen LogP contribution in [0.5, 0.6) is 0 Å². The van der Waals surface area contributed by atoms with E-state index >= 15 is 0 Å². The van der Waals surface area contributed by atoms with Crippen molar-refractivity contribution >= 4 is 0 Å². The van der Waals surface area contributed by atoms with E-state index in [1.807, 2.05) is 0 Å². The Morgan fingerprint density at radius 3 is 2.20 bits per heavy atom. The van der Waals surface area contributed by atoms with Gasteiger partial charge in [0.05, 0.1) is 0 Å². The Labute approximate surface area is 94.4 Å². The maximum Gasteiger partial charge on any atom is 0.0419 e. The van der Waals surface area contributed by atoms with Crippen LogP contribution in [0, 0.1) is 5.92 Å². The molecule has 0 aromatic rings. The molecular weight excluding hydrogens is 186 g/mol. The highest BCUT2D eigenvalue weighted by Gasteiger charge is 2.44. The van der Waals surface area contributed by atoms with Crippen LogP contribution in [-0.4, -0.2) is 30.6 Å². The number of likely N-dealkylation sites (N-methyl/N-ethyl adjacent to an activating group) is 1. The fraction of sp³-hybridized carbons (Fsp3) is 1.00. The first-order valence-corrected chi connectivity index (χ1v) is 6.22. The minimum Gasteiger partial charge on any atom is -0.302 e. The van der Waals surface area contributed by atoms with E-state index in [4.69, 9.17) is 5.84 Å². The molecule has 1 rings (SSSR count). The van der Waals surface area contributed by atoms with Crippen LogP contribution in [-0.2, 0) is 0 Å². The highest BCUT2D eigenvalue weighted by atomic mass is 15.3. The maximum absolute atomic E-state index is 5.78. The van der Waals surface area contributed by atoms with Gasteiger partial charge in [-0.05, 0) is 32.9 Å². The SMILES string of the molecule is CCC(C)C(NN)C1(N(C)C)CCCC1. The van der Waals surface area contributed by atoms with Crippen molar-refractivity contribution in [1.29, 1.82) is 0 Å². The zero-order valence-electron chi connectivity index (χ0n) is 10.7. The molecule has 1 saturated carbocycles. The van der Waals surface area contributed by atoms with Crippen molar-refractivity contribution in [2.24, 2.45) is 11.8 Å². The van der Waals surface area contributed by atoms with Crippen LogP contribution in [0.15, 0.2) is 0 Å². The Balaban J connectivity index is 2.85. The van der Waals surface area contributed by atoms with Gasteiger partial charge in [0.25, 0.3) is 0 Å². The zero-order valence-corrected chi connectivity index (χ0v) is 10.7. The van der Waals surface area contributed by atoms with Gasteiger partial charge in [-0.2, -0.15) is 0 Å². The van der Waals surface area contributed by atoms with Crippen molar-refractivity contribution in [3.05, 3.63) is 0 Å². The molecule has 0 amide bonds. The minimum absolute atomic E-state index is 0.282. The third kappa shape index (κ3) is 2.35. The average molecular weight is 213 g/mol. The van der Waals surface area contributed by atoms with Crippen molar-refractivity contribution < 1.29 is 0 Å². The first-order valence-electron chi connectivity index (χ1n) is 6.22. The highest BCUT2D eigenvalue weighted by Crippen LogP contribution is 2.39. The molecule has 15 heavy (non-hydrogen) atoms. The van der Waals surface area contributed by atoms with E-state index in [1.165, 1.54) is 32.1 Å². The molecule has 0 saturated heterocycles. The second kappa shape index (κ2) is 5.28. The van der Waals surface area contributed by atoms with Gasteiger partial charge in [0, 0.05) is 11.6 Å². The smallest absolute Gasteiger partial charge is 0.0419 e. The van der Waals surface area contributed by atoms with E-state index in [0.29, 0.717) is 12.0 Å². The molecule has 0 heterocycles. The summed E-state index contributed by atoms with van der Waals surface area (Å²) in [5.74, 6) is 6.41. The summed E-state index contributed by atoms with van der Waals surface area (Å²) in [7, 11) is 4.38. The predicted octanol–water partition coefficient (Wildman–Crippen LogP) is 1.74. The summed E-state index contributed by atoms with van der Waals surface area (Å²) in [6.45, 7) is 4.54. The lowest BCUT2D eigenvalue weighted by Crippen LogP contribution is -2.61. The fourth-order valence-corrected chi connectivity index (χ4v) is 3.11. The highest BCUT2D eigenvalue weighted by molar-refractivity contribution is 5.02. The summed E-state index contributed by atoms with van der Waals surface area (Å²) in [4.78, 5) is 2.39. The van der Waals surface area contributed by atoms with Crippen LogP contribution in [0.4, 0.5) is 0 Å². The van der Waals surface area contributed by atoms with Gasteiger partial charge in [-0.3, -0.25) is 11.3 Å². The Kier molecular flexibility index (Phi) is 4.56. The molecule has 0 spiro atoms. The Hall–Kier alpha value is -0.120. The van der Waals surface area contributed by atoms with Gasteiger partial charge in [0.2, 0.25) is 0 Å². The predicted molar refractivity (Wildman–Crippen MR) is 65.5 cm³/mol. The summed E-state index contributed by atoms with van der Waals surface area (Å²) >= 11 is 0. The largest absolute Gasteiger partial charge is 0.302 e. The van der Waals surface area contributed by atoms with E-state index in [-0.39, 0.29) is 5.54 Å².